The van der Waals surface area contributed by atoms with Gasteiger partial charge in [0.15, 0.2) is 5.78 Å². The summed E-state index contributed by atoms with van der Waals surface area (Å²) in [6, 6.07) is 9.75. The number of rotatable bonds is 4. The van der Waals surface area contributed by atoms with Crippen LogP contribution in [-0.4, -0.2) is 5.78 Å². The minimum atomic E-state index is -3.02. The quantitative estimate of drug-likeness (QED) is 0.739. The van der Waals surface area contributed by atoms with Crippen molar-refractivity contribution in [2.45, 2.75) is 26.2 Å². The van der Waals surface area contributed by atoms with Crippen molar-refractivity contribution in [3.63, 3.8) is 0 Å². The lowest BCUT2D eigenvalue weighted by molar-refractivity contribution is 0.0175. The number of alkyl halides is 2. The SMILES string of the molecule is CCC(=O)c1c(F)cc(-c2cccc(C(C)(F)F)c2)cc1C#N. The first-order valence-corrected chi connectivity index (χ1v) is 7.03. The van der Waals surface area contributed by atoms with Gasteiger partial charge < -0.3 is 0 Å². The molecule has 0 heterocycles. The van der Waals surface area contributed by atoms with Crippen molar-refractivity contribution in [2.75, 3.05) is 0 Å². The Bertz CT molecular complexity index is 801. The molecule has 0 aromatic heterocycles. The van der Waals surface area contributed by atoms with Crippen LogP contribution in [0, 0.1) is 17.1 Å². The van der Waals surface area contributed by atoms with E-state index in [1.54, 1.807) is 19.1 Å². The van der Waals surface area contributed by atoms with E-state index in [2.05, 4.69) is 0 Å². The predicted octanol–water partition coefficient (Wildman–Crippen LogP) is 5.07. The van der Waals surface area contributed by atoms with E-state index >= 15 is 0 Å². The van der Waals surface area contributed by atoms with Gasteiger partial charge in [-0.15, -0.1) is 0 Å². The molecule has 0 unspecified atom stereocenters. The van der Waals surface area contributed by atoms with Gasteiger partial charge in [-0.1, -0.05) is 25.1 Å². The van der Waals surface area contributed by atoms with E-state index in [1.165, 1.54) is 24.3 Å². The van der Waals surface area contributed by atoms with Crippen LogP contribution in [0.1, 0.15) is 41.8 Å². The summed E-state index contributed by atoms with van der Waals surface area (Å²) in [4.78, 5) is 11.8. The highest BCUT2D eigenvalue weighted by Crippen LogP contribution is 2.32. The highest BCUT2D eigenvalue weighted by atomic mass is 19.3. The number of nitrogens with zero attached hydrogens (tertiary/aromatic N) is 1. The lowest BCUT2D eigenvalue weighted by Crippen LogP contribution is -2.07. The number of hydrogen-bond acceptors (Lipinski definition) is 2. The summed E-state index contributed by atoms with van der Waals surface area (Å²) in [6.45, 7) is 2.35. The van der Waals surface area contributed by atoms with Crippen molar-refractivity contribution in [1.29, 1.82) is 5.26 Å². The normalized spacial score (nSPS) is 11.1. The second-order valence-electron chi connectivity index (χ2n) is 5.24. The minimum absolute atomic E-state index is 0.0719. The smallest absolute Gasteiger partial charge is 0.270 e. The van der Waals surface area contributed by atoms with Crippen molar-refractivity contribution in [3.8, 4) is 17.2 Å². The molecule has 0 spiro atoms. The molecular weight excluding hydrogens is 303 g/mol. The summed E-state index contributed by atoms with van der Waals surface area (Å²) in [5.41, 5.74) is 0.0755. The molecule has 0 saturated heterocycles. The molecule has 5 heteroatoms. The predicted molar refractivity (Wildman–Crippen MR) is 80.7 cm³/mol. The van der Waals surface area contributed by atoms with Crippen molar-refractivity contribution in [2.24, 2.45) is 0 Å². The third-order valence-electron chi connectivity index (χ3n) is 3.51. The summed E-state index contributed by atoms with van der Waals surface area (Å²) < 4.78 is 41.1. The Hall–Kier alpha value is -2.61. The number of ketones is 1. The molecule has 2 nitrogen and oxygen atoms in total. The van der Waals surface area contributed by atoms with Crippen LogP contribution in [0.5, 0.6) is 0 Å². The van der Waals surface area contributed by atoms with Crippen molar-refractivity contribution in [3.05, 3.63) is 58.9 Å². The van der Waals surface area contributed by atoms with E-state index < -0.39 is 17.5 Å². The maximum atomic E-state index is 14.2. The number of nitriles is 1. The van der Waals surface area contributed by atoms with Crippen molar-refractivity contribution in [1.82, 2.24) is 0 Å². The van der Waals surface area contributed by atoms with E-state index in [1.807, 2.05) is 0 Å². The highest BCUT2D eigenvalue weighted by Gasteiger charge is 2.24. The molecule has 0 radical (unpaired) electrons. The lowest BCUT2D eigenvalue weighted by Gasteiger charge is -2.13. The first-order valence-electron chi connectivity index (χ1n) is 7.03. The maximum absolute atomic E-state index is 14.2. The van der Waals surface area contributed by atoms with Gasteiger partial charge in [-0.05, 0) is 29.3 Å². The molecule has 0 amide bonds. The molecule has 2 rings (SSSR count). The molecule has 0 saturated carbocycles. The average Bonchev–Trinajstić information content (AvgIpc) is 2.52. The third-order valence-corrected chi connectivity index (χ3v) is 3.51. The zero-order chi connectivity index (χ0) is 17.2. The van der Waals surface area contributed by atoms with E-state index in [-0.39, 0.29) is 28.7 Å². The molecule has 0 N–H and O–H groups in total. The molecule has 0 aliphatic heterocycles. The Balaban J connectivity index is 2.61. The van der Waals surface area contributed by atoms with Gasteiger partial charge in [0.25, 0.3) is 5.92 Å². The van der Waals surface area contributed by atoms with E-state index in [9.17, 15) is 18.0 Å². The third kappa shape index (κ3) is 3.42. The van der Waals surface area contributed by atoms with Gasteiger partial charge in [0.2, 0.25) is 0 Å². The number of hydrogen-bond donors (Lipinski definition) is 0. The Morgan fingerprint density at radius 1 is 1.22 bits per heavy atom. The zero-order valence-corrected chi connectivity index (χ0v) is 12.7. The summed E-state index contributed by atoms with van der Waals surface area (Å²) in [5, 5.41) is 9.15. The monoisotopic (exact) mass is 317 g/mol. The van der Waals surface area contributed by atoms with Gasteiger partial charge in [-0.2, -0.15) is 5.26 Å². The summed E-state index contributed by atoms with van der Waals surface area (Å²) >= 11 is 0. The summed E-state index contributed by atoms with van der Waals surface area (Å²) in [7, 11) is 0. The fraction of sp³-hybridized carbons (Fsp3) is 0.222. The number of Topliss-reactive ketones (excluding diaryl/α,β-unsaturated/α-hetero) is 1. The standard InChI is InChI=1S/C18H14F3NO/c1-3-16(23)17-13(10-22)7-12(9-15(17)19)11-5-4-6-14(8-11)18(2,20)21/h4-9H,3H2,1-2H3. The Morgan fingerprint density at radius 2 is 1.91 bits per heavy atom. The van der Waals surface area contributed by atoms with E-state index in [4.69, 9.17) is 5.26 Å². The first-order chi connectivity index (χ1) is 10.8. The van der Waals surface area contributed by atoms with Crippen LogP contribution < -0.4 is 0 Å². The van der Waals surface area contributed by atoms with Crippen molar-refractivity contribution >= 4 is 5.78 Å². The zero-order valence-electron chi connectivity index (χ0n) is 12.7. The average molecular weight is 317 g/mol. The molecule has 2 aromatic carbocycles. The molecule has 0 fully saturated rings. The number of carbonyl (C=O) groups is 1. The maximum Gasteiger partial charge on any atom is 0.270 e. The van der Waals surface area contributed by atoms with Crippen LogP contribution in [-0.2, 0) is 5.92 Å². The molecule has 0 aliphatic carbocycles. The molecule has 118 valence electrons. The fourth-order valence-electron chi connectivity index (χ4n) is 2.29. The second-order valence-corrected chi connectivity index (χ2v) is 5.24. The van der Waals surface area contributed by atoms with Gasteiger partial charge in [0.05, 0.1) is 11.1 Å². The number of halogens is 3. The van der Waals surface area contributed by atoms with Crippen LogP contribution in [0.4, 0.5) is 13.2 Å². The topological polar surface area (TPSA) is 40.9 Å². The molecule has 0 aliphatic rings. The summed E-state index contributed by atoms with van der Waals surface area (Å²) in [5.74, 6) is -4.32. The number of carbonyl (C=O) groups excluding carboxylic acids is 1. The minimum Gasteiger partial charge on any atom is -0.294 e. The van der Waals surface area contributed by atoms with E-state index in [0.717, 1.165) is 13.0 Å². The van der Waals surface area contributed by atoms with Gasteiger partial charge in [0, 0.05) is 18.9 Å². The van der Waals surface area contributed by atoms with Gasteiger partial charge in [0.1, 0.15) is 11.9 Å². The summed E-state index contributed by atoms with van der Waals surface area (Å²) in [6.07, 6.45) is 0.0719. The van der Waals surface area contributed by atoms with Crippen LogP contribution >= 0.6 is 0 Å². The molecule has 0 atom stereocenters. The number of benzene rings is 2. The largest absolute Gasteiger partial charge is 0.294 e. The van der Waals surface area contributed by atoms with Crippen LogP contribution in [0.25, 0.3) is 11.1 Å². The van der Waals surface area contributed by atoms with Gasteiger partial charge in [-0.25, -0.2) is 13.2 Å². The van der Waals surface area contributed by atoms with Crippen molar-refractivity contribution < 1.29 is 18.0 Å². The Morgan fingerprint density at radius 3 is 2.48 bits per heavy atom. The molecule has 2 aromatic rings. The molecule has 23 heavy (non-hydrogen) atoms. The van der Waals surface area contributed by atoms with Gasteiger partial charge >= 0.3 is 0 Å². The fourth-order valence-corrected chi connectivity index (χ4v) is 2.29. The van der Waals surface area contributed by atoms with E-state index in [0.29, 0.717) is 5.56 Å². The molecule has 0 bridgehead atoms. The van der Waals surface area contributed by atoms with Crippen LogP contribution in [0.2, 0.25) is 0 Å². The highest BCUT2D eigenvalue weighted by molar-refractivity contribution is 5.99. The Labute approximate surface area is 132 Å². The van der Waals surface area contributed by atoms with Crippen LogP contribution in [0.15, 0.2) is 36.4 Å². The van der Waals surface area contributed by atoms with Gasteiger partial charge in [-0.3, -0.25) is 4.79 Å². The lowest BCUT2D eigenvalue weighted by atomic mass is 9.94. The molecular formula is C18H14F3NO. The van der Waals surface area contributed by atoms with Crippen LogP contribution in [0.3, 0.4) is 0 Å². The first kappa shape index (κ1) is 16.8. The second kappa shape index (κ2) is 6.25. The Kier molecular flexibility index (Phi) is 4.55.